The lowest BCUT2D eigenvalue weighted by Crippen LogP contribution is -2.28. The highest BCUT2D eigenvalue weighted by atomic mass is 16.2. The number of aryl methyl sites for hydroxylation is 1. The molecule has 3 heterocycles. The molecule has 3 aromatic heterocycles. The van der Waals surface area contributed by atoms with Crippen molar-refractivity contribution in [1.29, 1.82) is 0 Å². The van der Waals surface area contributed by atoms with Crippen molar-refractivity contribution in [1.82, 2.24) is 24.8 Å². The highest BCUT2D eigenvalue weighted by molar-refractivity contribution is 5.93. The second kappa shape index (κ2) is 5.72. The number of nitrogens with zero attached hydrogens (tertiary/aromatic N) is 3. The van der Waals surface area contributed by atoms with Crippen LogP contribution in [0.25, 0.3) is 5.65 Å². The number of hydrazone groups is 1. The van der Waals surface area contributed by atoms with E-state index in [0.29, 0.717) is 5.69 Å². The molecule has 0 bridgehead atoms. The van der Waals surface area contributed by atoms with Crippen molar-refractivity contribution in [2.24, 2.45) is 5.10 Å². The maximum Gasteiger partial charge on any atom is 0.326 e. The number of aromatic nitrogens is 4. The molecular weight excluding hydrogens is 300 g/mol. The molecule has 0 saturated carbocycles. The molecule has 0 fully saturated rings. The lowest BCUT2D eigenvalue weighted by molar-refractivity contribution is 0.0949. The molecule has 0 radical (unpaired) electrons. The average molecular weight is 312 g/mol. The van der Waals surface area contributed by atoms with E-state index >= 15 is 0 Å². The van der Waals surface area contributed by atoms with Crippen LogP contribution < -0.4 is 16.7 Å². The quantitative estimate of drug-likeness (QED) is 0.457. The Labute approximate surface area is 128 Å². The molecule has 3 N–H and O–H groups in total. The standard InChI is InChI=1S/C14H12N6O3/c1-8-10(20-5-3-2-4-11(20)16-8)7-15-19-13(22)9-6-12(21)18-14(23)17-9/h2-7H,1H3,(H,19,22)(H2,17,18,21,23)/b15-7+. The van der Waals surface area contributed by atoms with Crippen molar-refractivity contribution < 1.29 is 4.79 Å². The first-order valence-corrected chi connectivity index (χ1v) is 6.65. The summed E-state index contributed by atoms with van der Waals surface area (Å²) in [5.74, 6) is -0.698. The third-order valence-corrected chi connectivity index (χ3v) is 3.11. The van der Waals surface area contributed by atoms with E-state index in [1.165, 1.54) is 6.21 Å². The Hall–Kier alpha value is -3.49. The van der Waals surface area contributed by atoms with E-state index in [1.54, 1.807) is 0 Å². The third kappa shape index (κ3) is 2.93. The topological polar surface area (TPSA) is 124 Å². The number of carbonyl (C=O) groups is 1. The molecule has 0 saturated heterocycles. The van der Waals surface area contributed by atoms with Crippen LogP contribution in [-0.4, -0.2) is 31.5 Å². The van der Waals surface area contributed by atoms with Crippen molar-refractivity contribution >= 4 is 17.8 Å². The van der Waals surface area contributed by atoms with Crippen molar-refractivity contribution in [2.75, 3.05) is 0 Å². The second-order valence-corrected chi connectivity index (χ2v) is 4.71. The fourth-order valence-corrected chi connectivity index (χ4v) is 2.09. The highest BCUT2D eigenvalue weighted by Gasteiger charge is 2.08. The van der Waals surface area contributed by atoms with E-state index in [0.717, 1.165) is 17.4 Å². The van der Waals surface area contributed by atoms with Crippen molar-refractivity contribution in [3.63, 3.8) is 0 Å². The van der Waals surface area contributed by atoms with Crippen molar-refractivity contribution in [3.05, 3.63) is 68.4 Å². The van der Waals surface area contributed by atoms with Crippen LogP contribution in [0, 0.1) is 6.92 Å². The summed E-state index contributed by atoms with van der Waals surface area (Å²) in [4.78, 5) is 42.7. The number of H-pyrrole nitrogens is 2. The monoisotopic (exact) mass is 312 g/mol. The largest absolute Gasteiger partial charge is 0.326 e. The van der Waals surface area contributed by atoms with Crippen LogP contribution in [0.15, 0.2) is 45.2 Å². The minimum Gasteiger partial charge on any atom is -0.303 e. The maximum absolute atomic E-state index is 11.9. The molecule has 3 rings (SSSR count). The van der Waals surface area contributed by atoms with Crippen LogP contribution >= 0.6 is 0 Å². The number of aromatic amines is 2. The lowest BCUT2D eigenvalue weighted by Gasteiger charge is -1.99. The number of hydrogen-bond acceptors (Lipinski definition) is 5. The molecule has 116 valence electrons. The van der Waals surface area contributed by atoms with E-state index in [2.05, 4.69) is 20.5 Å². The van der Waals surface area contributed by atoms with Gasteiger partial charge in [-0.1, -0.05) is 6.07 Å². The van der Waals surface area contributed by atoms with Gasteiger partial charge in [0.1, 0.15) is 11.3 Å². The normalized spacial score (nSPS) is 11.2. The van der Waals surface area contributed by atoms with E-state index < -0.39 is 17.2 Å². The minimum atomic E-state index is -0.760. The first kappa shape index (κ1) is 14.4. The van der Waals surface area contributed by atoms with Gasteiger partial charge in [-0.05, 0) is 19.1 Å². The number of hydrogen-bond donors (Lipinski definition) is 3. The summed E-state index contributed by atoms with van der Waals surface area (Å²) < 4.78 is 1.82. The van der Waals surface area contributed by atoms with Crippen LogP contribution in [0.1, 0.15) is 21.9 Å². The number of carbonyl (C=O) groups excluding carboxylic acids is 1. The predicted molar refractivity (Wildman–Crippen MR) is 82.7 cm³/mol. The summed E-state index contributed by atoms with van der Waals surface area (Å²) in [5, 5.41) is 3.84. The van der Waals surface area contributed by atoms with Gasteiger partial charge in [0, 0.05) is 12.3 Å². The fraction of sp³-hybridized carbons (Fsp3) is 0.0714. The maximum atomic E-state index is 11.9. The Bertz CT molecular complexity index is 998. The Morgan fingerprint density at radius 3 is 2.96 bits per heavy atom. The van der Waals surface area contributed by atoms with E-state index in [-0.39, 0.29) is 5.69 Å². The molecule has 9 nitrogen and oxygen atoms in total. The van der Waals surface area contributed by atoms with Gasteiger partial charge >= 0.3 is 5.69 Å². The molecule has 0 atom stereocenters. The molecule has 0 aliphatic heterocycles. The summed E-state index contributed by atoms with van der Waals surface area (Å²) >= 11 is 0. The average Bonchev–Trinajstić information content (AvgIpc) is 2.82. The summed E-state index contributed by atoms with van der Waals surface area (Å²) in [6.07, 6.45) is 3.27. The summed E-state index contributed by atoms with van der Waals surface area (Å²) in [7, 11) is 0. The molecule has 0 unspecified atom stereocenters. The summed E-state index contributed by atoms with van der Waals surface area (Å²) in [6.45, 7) is 1.82. The van der Waals surface area contributed by atoms with Crippen molar-refractivity contribution in [3.8, 4) is 0 Å². The van der Waals surface area contributed by atoms with Gasteiger partial charge in [0.2, 0.25) is 0 Å². The molecule has 0 aliphatic rings. The number of rotatable bonds is 3. The van der Waals surface area contributed by atoms with Crippen LogP contribution in [-0.2, 0) is 0 Å². The highest BCUT2D eigenvalue weighted by Crippen LogP contribution is 2.09. The predicted octanol–water partition coefficient (Wildman–Crippen LogP) is -0.217. The van der Waals surface area contributed by atoms with E-state index in [1.807, 2.05) is 40.7 Å². The molecule has 1 amide bonds. The summed E-state index contributed by atoms with van der Waals surface area (Å²) in [6, 6.07) is 6.55. The van der Waals surface area contributed by atoms with Gasteiger partial charge in [0.25, 0.3) is 11.5 Å². The van der Waals surface area contributed by atoms with Gasteiger partial charge in [0.05, 0.1) is 17.6 Å². The fourth-order valence-electron chi connectivity index (χ4n) is 2.09. The van der Waals surface area contributed by atoms with Crippen LogP contribution in [0.3, 0.4) is 0 Å². The zero-order valence-corrected chi connectivity index (χ0v) is 12.0. The summed E-state index contributed by atoms with van der Waals surface area (Å²) in [5.41, 5.74) is 2.87. The Balaban J connectivity index is 1.83. The number of fused-ring (bicyclic) bond motifs is 1. The van der Waals surface area contributed by atoms with Gasteiger partial charge < -0.3 is 4.98 Å². The molecule has 3 aromatic rings. The van der Waals surface area contributed by atoms with Gasteiger partial charge in [-0.15, -0.1) is 0 Å². The van der Waals surface area contributed by atoms with Gasteiger partial charge in [-0.25, -0.2) is 15.2 Å². The molecule has 9 heteroatoms. The lowest BCUT2D eigenvalue weighted by atomic mass is 10.3. The van der Waals surface area contributed by atoms with Gasteiger partial charge in [-0.3, -0.25) is 19.0 Å². The minimum absolute atomic E-state index is 0.175. The van der Waals surface area contributed by atoms with Crippen molar-refractivity contribution in [2.45, 2.75) is 6.92 Å². The second-order valence-electron chi connectivity index (χ2n) is 4.71. The zero-order chi connectivity index (χ0) is 16.4. The third-order valence-electron chi connectivity index (χ3n) is 3.11. The van der Waals surface area contributed by atoms with Crippen LogP contribution in [0.5, 0.6) is 0 Å². The van der Waals surface area contributed by atoms with Crippen LogP contribution in [0.4, 0.5) is 0 Å². The Morgan fingerprint density at radius 1 is 1.35 bits per heavy atom. The first-order valence-electron chi connectivity index (χ1n) is 6.65. The van der Waals surface area contributed by atoms with E-state index in [9.17, 15) is 14.4 Å². The van der Waals surface area contributed by atoms with Gasteiger partial charge in [-0.2, -0.15) is 5.10 Å². The molecule has 23 heavy (non-hydrogen) atoms. The number of nitrogens with one attached hydrogen (secondary N) is 3. The number of pyridine rings is 1. The zero-order valence-electron chi connectivity index (χ0n) is 12.0. The molecule has 0 aliphatic carbocycles. The molecule has 0 spiro atoms. The van der Waals surface area contributed by atoms with Crippen LogP contribution in [0.2, 0.25) is 0 Å². The Morgan fingerprint density at radius 2 is 2.17 bits per heavy atom. The SMILES string of the molecule is Cc1nc2ccccn2c1/C=N/NC(=O)c1cc(=O)[nH]c(=O)[nH]1. The molecule has 0 aromatic carbocycles. The Kier molecular flexibility index (Phi) is 3.59. The van der Waals surface area contributed by atoms with Gasteiger partial charge in [0.15, 0.2) is 0 Å². The number of imidazole rings is 1. The molecular formula is C14H12N6O3. The smallest absolute Gasteiger partial charge is 0.303 e. The van der Waals surface area contributed by atoms with E-state index in [4.69, 9.17) is 0 Å². The number of amides is 1. The first-order chi connectivity index (χ1) is 11.0.